The molecule has 0 atom stereocenters. The van der Waals surface area contributed by atoms with Gasteiger partial charge in [-0.1, -0.05) is 6.58 Å². The summed E-state index contributed by atoms with van der Waals surface area (Å²) < 4.78 is 49.9. The maximum absolute atomic E-state index is 13.3. The zero-order valence-electron chi connectivity index (χ0n) is 15.2. The van der Waals surface area contributed by atoms with Gasteiger partial charge in [-0.25, -0.2) is 21.9 Å². The van der Waals surface area contributed by atoms with Crippen LogP contribution in [0.25, 0.3) is 28.2 Å². The number of carboxylic acid groups (broad SMARTS) is 1. The highest BCUT2D eigenvalue weighted by atomic mass is 32.2. The van der Waals surface area contributed by atoms with Crippen LogP contribution in [0.15, 0.2) is 41.3 Å². The van der Waals surface area contributed by atoms with E-state index in [0.29, 0.717) is 5.56 Å². The lowest BCUT2D eigenvalue weighted by Gasteiger charge is -2.19. The summed E-state index contributed by atoms with van der Waals surface area (Å²) in [5.41, 5.74) is 0.343. The van der Waals surface area contributed by atoms with Gasteiger partial charge in [0.05, 0.1) is 23.8 Å². The number of rotatable bonds is 3. The summed E-state index contributed by atoms with van der Waals surface area (Å²) in [6.07, 6.45) is 1.03. The molecule has 0 fully saturated rings. The number of aromatic carboxylic acids is 1. The molecule has 1 aliphatic heterocycles. The van der Waals surface area contributed by atoms with Crippen molar-refractivity contribution in [2.24, 2.45) is 0 Å². The summed E-state index contributed by atoms with van der Waals surface area (Å²) in [6, 6.07) is 6.56. The summed E-state index contributed by atoms with van der Waals surface area (Å²) in [7, 11) is -3.68. The lowest BCUT2D eigenvalue weighted by atomic mass is 10.0. The van der Waals surface area contributed by atoms with Gasteiger partial charge in [0.2, 0.25) is 15.7 Å². The Morgan fingerprint density at radius 3 is 2.62 bits per heavy atom. The van der Waals surface area contributed by atoms with E-state index in [9.17, 15) is 22.7 Å². The van der Waals surface area contributed by atoms with E-state index in [4.69, 9.17) is 9.15 Å². The fourth-order valence-electron chi connectivity index (χ4n) is 3.18. The second kappa shape index (κ2) is 6.59. The Labute approximate surface area is 164 Å². The summed E-state index contributed by atoms with van der Waals surface area (Å²) in [5.74, 6) is -1.56. The van der Waals surface area contributed by atoms with Crippen LogP contribution in [0.2, 0.25) is 0 Å². The molecule has 0 saturated heterocycles. The van der Waals surface area contributed by atoms with Crippen LogP contribution in [-0.4, -0.2) is 43.9 Å². The van der Waals surface area contributed by atoms with E-state index in [-0.39, 0.29) is 52.7 Å². The number of benzene rings is 1. The Morgan fingerprint density at radius 1 is 1.31 bits per heavy atom. The molecule has 0 saturated carbocycles. The minimum Gasteiger partial charge on any atom is -0.492 e. The Kier molecular flexibility index (Phi) is 4.30. The number of ether oxygens (including phenoxy) is 1. The van der Waals surface area contributed by atoms with Crippen molar-refractivity contribution in [1.29, 1.82) is 0 Å². The summed E-state index contributed by atoms with van der Waals surface area (Å²) in [6.45, 7) is 3.86. The molecule has 8 nitrogen and oxygen atoms in total. The molecule has 2 aromatic heterocycles. The highest BCUT2D eigenvalue weighted by Crippen LogP contribution is 2.38. The van der Waals surface area contributed by atoms with Crippen LogP contribution in [0.3, 0.4) is 0 Å². The normalized spacial score (nSPS) is 14.4. The topological polar surface area (TPSA) is 110 Å². The molecule has 3 heterocycles. The van der Waals surface area contributed by atoms with Crippen LogP contribution < -0.4 is 4.31 Å². The van der Waals surface area contributed by atoms with E-state index in [0.717, 1.165) is 10.6 Å². The van der Waals surface area contributed by atoms with E-state index >= 15 is 0 Å². The van der Waals surface area contributed by atoms with Gasteiger partial charge in [-0.3, -0.25) is 0 Å². The Balaban J connectivity index is 2.03. The van der Waals surface area contributed by atoms with E-state index in [2.05, 4.69) is 11.6 Å². The maximum atomic E-state index is 13.3. The first kappa shape index (κ1) is 18.9. The number of aromatic nitrogens is 1. The molecule has 0 unspecified atom stereocenters. The minimum absolute atomic E-state index is 0.0146. The number of nitrogens with zero attached hydrogens (tertiary/aromatic N) is 2. The third-order valence-electron chi connectivity index (χ3n) is 4.49. The molecule has 0 amide bonds. The van der Waals surface area contributed by atoms with Gasteiger partial charge in [0, 0.05) is 5.56 Å². The lowest BCUT2D eigenvalue weighted by molar-refractivity contribution is 0.0699. The van der Waals surface area contributed by atoms with Crippen molar-refractivity contribution >= 4 is 38.7 Å². The van der Waals surface area contributed by atoms with Crippen LogP contribution >= 0.6 is 0 Å². The van der Waals surface area contributed by atoms with Crippen LogP contribution in [0, 0.1) is 5.82 Å². The Bertz CT molecular complexity index is 1260. The summed E-state index contributed by atoms with van der Waals surface area (Å²) in [5, 5.41) is 9.90. The highest BCUT2D eigenvalue weighted by molar-refractivity contribution is 7.92. The Morgan fingerprint density at radius 2 is 2.00 bits per heavy atom. The van der Waals surface area contributed by atoms with E-state index in [1.54, 1.807) is 0 Å². The van der Waals surface area contributed by atoms with E-state index in [1.165, 1.54) is 30.3 Å². The highest BCUT2D eigenvalue weighted by Gasteiger charge is 2.30. The largest absolute Gasteiger partial charge is 0.492 e. The van der Waals surface area contributed by atoms with E-state index < -0.39 is 21.8 Å². The standard InChI is InChI=1S/C19H15FN2O6S/c1-10-13-9-14-15(19(23)24)16(11-3-5-12(20)6-4-11)28-18(14)21-17(13)22(7-8-27-10)29(2,25)26/h3-6,9H,1,7-8H2,2H3,(H,23,24). The number of sulfonamides is 1. The number of hydrogen-bond donors (Lipinski definition) is 1. The van der Waals surface area contributed by atoms with Gasteiger partial charge < -0.3 is 14.3 Å². The number of pyridine rings is 1. The van der Waals surface area contributed by atoms with Crippen molar-refractivity contribution in [2.75, 3.05) is 23.7 Å². The number of halogens is 1. The van der Waals surface area contributed by atoms with E-state index in [1.807, 2.05) is 0 Å². The number of carbonyl (C=O) groups is 1. The summed E-state index contributed by atoms with van der Waals surface area (Å²) >= 11 is 0. The zero-order valence-corrected chi connectivity index (χ0v) is 16.0. The zero-order chi connectivity index (χ0) is 20.9. The molecule has 0 bridgehead atoms. The Hall–Kier alpha value is -3.40. The van der Waals surface area contributed by atoms with Gasteiger partial charge in [-0.15, -0.1) is 0 Å². The van der Waals surface area contributed by atoms with Crippen molar-refractivity contribution < 1.29 is 31.9 Å². The van der Waals surface area contributed by atoms with Crippen molar-refractivity contribution in [3.05, 3.63) is 53.9 Å². The number of hydrogen-bond acceptors (Lipinski definition) is 6. The van der Waals surface area contributed by atoms with Gasteiger partial charge in [0.15, 0.2) is 11.6 Å². The molecule has 1 aliphatic rings. The average molecular weight is 418 g/mol. The van der Waals surface area contributed by atoms with Gasteiger partial charge in [-0.2, -0.15) is 4.98 Å². The average Bonchev–Trinajstić information content (AvgIpc) is 2.93. The molecule has 29 heavy (non-hydrogen) atoms. The third-order valence-corrected chi connectivity index (χ3v) is 5.65. The predicted molar refractivity (Wildman–Crippen MR) is 104 cm³/mol. The van der Waals surface area contributed by atoms with Gasteiger partial charge in [0.25, 0.3) is 0 Å². The third kappa shape index (κ3) is 3.21. The van der Waals surface area contributed by atoms with Gasteiger partial charge in [0.1, 0.15) is 23.7 Å². The lowest BCUT2D eigenvalue weighted by Crippen LogP contribution is -2.32. The summed E-state index contributed by atoms with van der Waals surface area (Å²) in [4.78, 5) is 16.2. The van der Waals surface area contributed by atoms with Crippen LogP contribution in [0.5, 0.6) is 0 Å². The molecule has 0 aliphatic carbocycles. The first-order valence-corrected chi connectivity index (χ1v) is 10.3. The quantitative estimate of drug-likeness (QED) is 0.696. The van der Waals surface area contributed by atoms with Gasteiger partial charge >= 0.3 is 5.97 Å². The number of carboxylic acids is 1. The molecule has 0 radical (unpaired) electrons. The first-order valence-electron chi connectivity index (χ1n) is 8.43. The smallest absolute Gasteiger partial charge is 0.340 e. The van der Waals surface area contributed by atoms with Gasteiger partial charge in [-0.05, 0) is 30.3 Å². The molecule has 10 heteroatoms. The van der Waals surface area contributed by atoms with Crippen molar-refractivity contribution in [2.45, 2.75) is 0 Å². The minimum atomic E-state index is -3.68. The predicted octanol–water partition coefficient (Wildman–Crippen LogP) is 3.10. The van der Waals surface area contributed by atoms with Crippen molar-refractivity contribution in [3.63, 3.8) is 0 Å². The first-order chi connectivity index (χ1) is 13.7. The SMILES string of the molecule is C=C1OCCN(S(C)(=O)=O)c2nc3oc(-c4ccc(F)cc4)c(C(=O)O)c3cc21. The fraction of sp³-hybridized carbons (Fsp3) is 0.158. The molecule has 150 valence electrons. The number of fused-ring (bicyclic) bond motifs is 2. The molecule has 0 spiro atoms. The number of anilines is 1. The number of furan rings is 1. The van der Waals surface area contributed by atoms with Crippen LogP contribution in [0.1, 0.15) is 15.9 Å². The van der Waals surface area contributed by atoms with Crippen molar-refractivity contribution in [1.82, 2.24) is 4.98 Å². The second-order valence-electron chi connectivity index (χ2n) is 6.44. The molecular weight excluding hydrogens is 403 g/mol. The molecule has 1 aromatic carbocycles. The molecule has 3 aromatic rings. The molecule has 1 N–H and O–H groups in total. The van der Waals surface area contributed by atoms with Crippen molar-refractivity contribution in [3.8, 4) is 11.3 Å². The molecular formula is C19H15FN2O6S. The van der Waals surface area contributed by atoms with Crippen LogP contribution in [0.4, 0.5) is 10.2 Å². The fourth-order valence-corrected chi connectivity index (χ4v) is 4.04. The maximum Gasteiger partial charge on any atom is 0.340 e. The van der Waals surface area contributed by atoms with Crippen LogP contribution in [-0.2, 0) is 14.8 Å². The second-order valence-corrected chi connectivity index (χ2v) is 8.34. The monoisotopic (exact) mass is 418 g/mol. The molecule has 4 rings (SSSR count).